The number of nitrogens with one attached hydrogen (secondary N) is 3. The molecule has 0 radical (unpaired) electrons. The molecule has 7 nitrogen and oxygen atoms in total. The van der Waals surface area contributed by atoms with Crippen molar-refractivity contribution in [3.05, 3.63) is 24.3 Å². The molecular weight excluding hydrogens is 342 g/mol. The topological polar surface area (TPSA) is 104 Å². The molecule has 0 atom stereocenters. The lowest BCUT2D eigenvalue weighted by atomic mass is 9.96. The van der Waals surface area contributed by atoms with Crippen molar-refractivity contribution in [1.29, 1.82) is 0 Å². The van der Waals surface area contributed by atoms with E-state index in [1.54, 1.807) is 34.6 Å². The third kappa shape index (κ3) is 7.23. The van der Waals surface area contributed by atoms with Crippen molar-refractivity contribution in [3.63, 3.8) is 0 Å². The maximum Gasteiger partial charge on any atom is 0.240 e. The van der Waals surface area contributed by atoms with E-state index < -0.39 is 15.4 Å². The monoisotopic (exact) mass is 369 g/mol. The van der Waals surface area contributed by atoms with Gasteiger partial charge in [0.25, 0.3) is 0 Å². The summed E-state index contributed by atoms with van der Waals surface area (Å²) in [6, 6.07) is 5.72. The Labute approximate surface area is 149 Å². The van der Waals surface area contributed by atoms with E-state index in [1.807, 2.05) is 0 Å². The van der Waals surface area contributed by atoms with E-state index in [-0.39, 0.29) is 35.7 Å². The summed E-state index contributed by atoms with van der Waals surface area (Å²) in [5.74, 6) is -0.377. The summed E-state index contributed by atoms with van der Waals surface area (Å²) in [6.45, 7) is 9.12. The molecule has 1 aromatic rings. The lowest BCUT2D eigenvalue weighted by Gasteiger charge is -2.17. The minimum absolute atomic E-state index is 0.118. The summed E-state index contributed by atoms with van der Waals surface area (Å²) >= 11 is 0. The third-order valence-electron chi connectivity index (χ3n) is 3.16. The van der Waals surface area contributed by atoms with Gasteiger partial charge in [-0.2, -0.15) is 0 Å². The Hall–Kier alpha value is -1.93. The van der Waals surface area contributed by atoms with E-state index >= 15 is 0 Å². The molecule has 3 N–H and O–H groups in total. The van der Waals surface area contributed by atoms with Gasteiger partial charge in [0, 0.05) is 30.1 Å². The number of hydrogen-bond donors (Lipinski definition) is 3. The largest absolute Gasteiger partial charge is 0.355 e. The van der Waals surface area contributed by atoms with Crippen molar-refractivity contribution in [2.45, 2.75) is 52.0 Å². The predicted octanol–water partition coefficient (Wildman–Crippen LogP) is 1.86. The van der Waals surface area contributed by atoms with Crippen molar-refractivity contribution in [2.75, 3.05) is 11.9 Å². The predicted molar refractivity (Wildman–Crippen MR) is 97.6 cm³/mol. The molecule has 0 heterocycles. The summed E-state index contributed by atoms with van der Waals surface area (Å²) in [6.07, 6.45) is 0.136. The highest BCUT2D eigenvalue weighted by atomic mass is 32.2. The van der Waals surface area contributed by atoms with Gasteiger partial charge in [-0.05, 0) is 38.1 Å². The van der Waals surface area contributed by atoms with Crippen LogP contribution in [0.5, 0.6) is 0 Å². The molecule has 1 aromatic carbocycles. The van der Waals surface area contributed by atoms with Gasteiger partial charge in [-0.3, -0.25) is 9.59 Å². The van der Waals surface area contributed by atoms with Gasteiger partial charge in [0.15, 0.2) is 0 Å². The molecule has 0 aliphatic heterocycles. The van der Waals surface area contributed by atoms with Gasteiger partial charge < -0.3 is 10.6 Å². The van der Waals surface area contributed by atoms with Crippen LogP contribution < -0.4 is 15.4 Å². The number of carbonyl (C=O) groups is 2. The Morgan fingerprint density at radius 2 is 1.64 bits per heavy atom. The van der Waals surface area contributed by atoms with Crippen molar-refractivity contribution in [2.24, 2.45) is 5.41 Å². The minimum atomic E-state index is -3.55. The van der Waals surface area contributed by atoms with E-state index in [4.69, 9.17) is 0 Å². The van der Waals surface area contributed by atoms with Gasteiger partial charge in [-0.1, -0.05) is 20.8 Å². The highest BCUT2D eigenvalue weighted by molar-refractivity contribution is 7.89. The summed E-state index contributed by atoms with van der Waals surface area (Å²) in [5.41, 5.74) is -0.00223. The van der Waals surface area contributed by atoms with Crippen LogP contribution in [0.25, 0.3) is 0 Å². The van der Waals surface area contributed by atoms with Crippen LogP contribution in [0.15, 0.2) is 29.2 Å². The van der Waals surface area contributed by atoms with Crippen LogP contribution in [0.1, 0.15) is 41.0 Å². The number of carbonyl (C=O) groups excluding carboxylic acids is 2. The fourth-order valence-corrected chi connectivity index (χ4v) is 3.13. The summed E-state index contributed by atoms with van der Waals surface area (Å²) in [5, 5.41) is 5.37. The lowest BCUT2D eigenvalue weighted by Crippen LogP contribution is -2.36. The average molecular weight is 369 g/mol. The molecule has 2 amide bonds. The molecule has 8 heteroatoms. The molecule has 0 unspecified atom stereocenters. The van der Waals surface area contributed by atoms with Crippen molar-refractivity contribution >= 4 is 27.5 Å². The standard InChI is InChI=1S/C17H27N3O4S/c1-12(2)20-25(23,24)14-8-6-13(7-9-14)19-15(21)10-11-18-16(22)17(3,4)5/h6-9,12,20H,10-11H2,1-5H3,(H,18,22)(H,19,21). The Balaban J connectivity index is 2.55. The summed E-state index contributed by atoms with van der Waals surface area (Å²) < 4.78 is 26.5. The van der Waals surface area contributed by atoms with Gasteiger partial charge in [-0.25, -0.2) is 13.1 Å². The minimum Gasteiger partial charge on any atom is -0.355 e. The second-order valence-corrected chi connectivity index (χ2v) is 8.82. The normalized spacial score (nSPS) is 12.1. The molecule has 1 rings (SSSR count). The van der Waals surface area contributed by atoms with Gasteiger partial charge in [0.2, 0.25) is 21.8 Å². The van der Waals surface area contributed by atoms with Crippen molar-refractivity contribution in [3.8, 4) is 0 Å². The molecule has 0 aliphatic rings. The van der Waals surface area contributed by atoms with Gasteiger partial charge in [0.1, 0.15) is 0 Å². The molecule has 0 fully saturated rings. The fourth-order valence-electron chi connectivity index (χ4n) is 1.87. The first-order valence-electron chi connectivity index (χ1n) is 8.12. The zero-order valence-electron chi connectivity index (χ0n) is 15.3. The van der Waals surface area contributed by atoms with E-state index in [9.17, 15) is 18.0 Å². The molecular formula is C17H27N3O4S. The van der Waals surface area contributed by atoms with Gasteiger partial charge >= 0.3 is 0 Å². The molecule has 0 aromatic heterocycles. The molecule has 0 saturated heterocycles. The van der Waals surface area contributed by atoms with Gasteiger partial charge in [0.05, 0.1) is 4.90 Å². The number of benzene rings is 1. The first kappa shape index (κ1) is 21.1. The van der Waals surface area contributed by atoms with Crippen LogP contribution in [0.4, 0.5) is 5.69 Å². The Morgan fingerprint density at radius 3 is 2.12 bits per heavy atom. The first-order chi connectivity index (χ1) is 11.4. The molecule has 0 spiro atoms. The lowest BCUT2D eigenvalue weighted by molar-refractivity contribution is -0.128. The van der Waals surface area contributed by atoms with Gasteiger partial charge in [-0.15, -0.1) is 0 Å². The summed E-state index contributed by atoms with van der Waals surface area (Å²) in [7, 11) is -3.55. The van der Waals surface area contributed by atoms with Crippen LogP contribution in [0.3, 0.4) is 0 Å². The Kier molecular flexibility index (Phi) is 7.13. The number of rotatable bonds is 7. The molecule has 0 bridgehead atoms. The number of hydrogen-bond acceptors (Lipinski definition) is 4. The molecule has 140 valence electrons. The van der Waals surface area contributed by atoms with Crippen LogP contribution in [0.2, 0.25) is 0 Å². The van der Waals surface area contributed by atoms with E-state index in [0.717, 1.165) is 0 Å². The Bertz CT molecular complexity index is 704. The molecule has 0 saturated carbocycles. The highest BCUT2D eigenvalue weighted by Crippen LogP contribution is 2.15. The van der Waals surface area contributed by atoms with Crippen LogP contribution >= 0.6 is 0 Å². The maximum absolute atomic E-state index is 12.0. The third-order valence-corrected chi connectivity index (χ3v) is 4.83. The van der Waals surface area contributed by atoms with E-state index in [2.05, 4.69) is 15.4 Å². The average Bonchev–Trinajstić information content (AvgIpc) is 2.45. The van der Waals surface area contributed by atoms with Crippen LogP contribution in [-0.4, -0.2) is 32.8 Å². The van der Waals surface area contributed by atoms with Crippen molar-refractivity contribution < 1.29 is 18.0 Å². The van der Waals surface area contributed by atoms with E-state index in [0.29, 0.717) is 5.69 Å². The number of amides is 2. The first-order valence-corrected chi connectivity index (χ1v) is 9.60. The zero-order chi connectivity index (χ0) is 19.3. The Morgan fingerprint density at radius 1 is 1.08 bits per heavy atom. The second kappa shape index (κ2) is 8.44. The molecule has 0 aliphatic carbocycles. The SMILES string of the molecule is CC(C)NS(=O)(=O)c1ccc(NC(=O)CCNC(=O)C(C)(C)C)cc1. The van der Waals surface area contributed by atoms with E-state index in [1.165, 1.54) is 24.3 Å². The highest BCUT2D eigenvalue weighted by Gasteiger charge is 2.20. The quantitative estimate of drug-likeness (QED) is 0.682. The van der Waals surface area contributed by atoms with Crippen molar-refractivity contribution in [1.82, 2.24) is 10.0 Å². The fraction of sp³-hybridized carbons (Fsp3) is 0.529. The smallest absolute Gasteiger partial charge is 0.240 e. The number of anilines is 1. The number of sulfonamides is 1. The zero-order valence-corrected chi connectivity index (χ0v) is 16.2. The second-order valence-electron chi connectivity index (χ2n) is 7.10. The van der Waals surface area contributed by atoms with Crippen LogP contribution in [-0.2, 0) is 19.6 Å². The maximum atomic E-state index is 12.0. The summed E-state index contributed by atoms with van der Waals surface area (Å²) in [4.78, 5) is 23.7. The van der Waals surface area contributed by atoms with Crippen LogP contribution in [0, 0.1) is 5.41 Å². The molecule has 25 heavy (non-hydrogen) atoms.